The first-order chi connectivity index (χ1) is 13.0. The second-order valence-electron chi connectivity index (χ2n) is 6.62. The second-order valence-corrected chi connectivity index (χ2v) is 7.06. The Labute approximate surface area is 165 Å². The molecule has 0 aromatic heterocycles. The van der Waals surface area contributed by atoms with E-state index in [0.717, 1.165) is 22.4 Å². The fourth-order valence-corrected chi connectivity index (χ4v) is 3.17. The van der Waals surface area contributed by atoms with Crippen molar-refractivity contribution in [1.82, 2.24) is 4.90 Å². The van der Waals surface area contributed by atoms with Gasteiger partial charge in [0.15, 0.2) is 0 Å². The fraction of sp³-hybridized carbons (Fsp3) is 0.174. The molecule has 0 radical (unpaired) electrons. The van der Waals surface area contributed by atoms with Gasteiger partial charge in [0.25, 0.3) is 0 Å². The van der Waals surface area contributed by atoms with Gasteiger partial charge in [-0.15, -0.1) is 0 Å². The highest BCUT2D eigenvalue weighted by Crippen LogP contribution is 2.27. The van der Waals surface area contributed by atoms with Crippen LogP contribution in [-0.4, -0.2) is 23.9 Å². The topological polar surface area (TPSA) is 32.3 Å². The van der Waals surface area contributed by atoms with Crippen LogP contribution >= 0.6 is 11.6 Å². The number of nitrogens with one attached hydrogen (secondary N) is 1. The Hall–Kier alpha value is -2.62. The summed E-state index contributed by atoms with van der Waals surface area (Å²) in [5, 5.41) is 3.78. The number of hydrogen-bond donors (Lipinski definition) is 1. The minimum atomic E-state index is -0.284. The van der Waals surface area contributed by atoms with Crippen molar-refractivity contribution in [3.05, 3.63) is 89.4 Å². The van der Waals surface area contributed by atoms with Gasteiger partial charge in [0.1, 0.15) is 0 Å². The molecular formula is C23H23ClN2O. The number of benzene rings is 3. The van der Waals surface area contributed by atoms with E-state index in [1.165, 1.54) is 0 Å². The van der Waals surface area contributed by atoms with Gasteiger partial charge in [-0.1, -0.05) is 72.3 Å². The second kappa shape index (κ2) is 8.85. The van der Waals surface area contributed by atoms with E-state index in [0.29, 0.717) is 11.6 Å². The lowest BCUT2D eigenvalue weighted by Gasteiger charge is -2.24. The summed E-state index contributed by atoms with van der Waals surface area (Å²) in [6.07, 6.45) is 0. The molecule has 0 aliphatic rings. The molecule has 0 spiro atoms. The molecule has 1 N–H and O–H groups in total. The first-order valence-electron chi connectivity index (χ1n) is 8.94. The van der Waals surface area contributed by atoms with Crippen LogP contribution in [0.5, 0.6) is 0 Å². The Bertz CT molecular complexity index is 911. The highest BCUT2D eigenvalue weighted by molar-refractivity contribution is 6.30. The summed E-state index contributed by atoms with van der Waals surface area (Å²) >= 11 is 6.06. The van der Waals surface area contributed by atoms with Gasteiger partial charge < -0.3 is 5.32 Å². The van der Waals surface area contributed by atoms with E-state index >= 15 is 0 Å². The van der Waals surface area contributed by atoms with Crippen LogP contribution in [0.3, 0.4) is 0 Å². The number of hydrogen-bond acceptors (Lipinski definition) is 2. The average molecular weight is 379 g/mol. The number of para-hydroxylation sites is 1. The molecule has 0 saturated carbocycles. The Morgan fingerprint density at radius 1 is 1.00 bits per heavy atom. The van der Waals surface area contributed by atoms with Gasteiger partial charge in [-0.2, -0.15) is 0 Å². The average Bonchev–Trinajstić information content (AvgIpc) is 2.68. The first kappa shape index (κ1) is 19.2. The van der Waals surface area contributed by atoms with Crippen molar-refractivity contribution >= 4 is 23.2 Å². The molecule has 1 amide bonds. The molecule has 0 heterocycles. The van der Waals surface area contributed by atoms with Crippen LogP contribution in [-0.2, 0) is 11.3 Å². The number of halogens is 1. The van der Waals surface area contributed by atoms with Gasteiger partial charge in [-0.25, -0.2) is 0 Å². The smallest absolute Gasteiger partial charge is 0.241 e. The summed E-state index contributed by atoms with van der Waals surface area (Å²) in [6.45, 7) is 2.56. The highest BCUT2D eigenvalue weighted by Gasteiger charge is 2.19. The molecule has 3 aromatic carbocycles. The van der Waals surface area contributed by atoms with Crippen molar-refractivity contribution in [3.63, 3.8) is 0 Å². The number of carbonyl (C=O) groups excluding carboxylic acids is 1. The van der Waals surface area contributed by atoms with E-state index in [4.69, 9.17) is 11.6 Å². The Balaban J connectivity index is 1.72. The molecule has 3 aromatic rings. The van der Waals surface area contributed by atoms with Crippen LogP contribution in [0.1, 0.15) is 12.5 Å². The van der Waals surface area contributed by atoms with Crippen molar-refractivity contribution in [3.8, 4) is 11.1 Å². The number of amides is 1. The summed E-state index contributed by atoms with van der Waals surface area (Å²) in [5.74, 6) is -0.0390. The summed E-state index contributed by atoms with van der Waals surface area (Å²) in [6, 6.07) is 25.3. The molecule has 3 nitrogen and oxygen atoms in total. The third-order valence-electron chi connectivity index (χ3n) is 4.63. The monoisotopic (exact) mass is 378 g/mol. The molecule has 3 rings (SSSR count). The summed E-state index contributed by atoms with van der Waals surface area (Å²) in [5.41, 5.74) is 3.98. The molecular weight excluding hydrogens is 356 g/mol. The van der Waals surface area contributed by atoms with Crippen molar-refractivity contribution in [2.24, 2.45) is 0 Å². The molecule has 0 aliphatic heterocycles. The number of nitrogens with zero attached hydrogens (tertiary/aromatic N) is 1. The van der Waals surface area contributed by atoms with Crippen molar-refractivity contribution in [1.29, 1.82) is 0 Å². The lowest BCUT2D eigenvalue weighted by Crippen LogP contribution is -2.39. The number of rotatable bonds is 6. The Morgan fingerprint density at radius 2 is 1.70 bits per heavy atom. The zero-order valence-corrected chi connectivity index (χ0v) is 16.3. The van der Waals surface area contributed by atoms with Gasteiger partial charge in [0.05, 0.1) is 6.04 Å². The van der Waals surface area contributed by atoms with E-state index in [1.54, 1.807) is 0 Å². The maximum Gasteiger partial charge on any atom is 0.241 e. The molecule has 1 unspecified atom stereocenters. The normalized spacial score (nSPS) is 12.0. The molecule has 138 valence electrons. The molecule has 4 heteroatoms. The molecule has 0 bridgehead atoms. The van der Waals surface area contributed by atoms with Gasteiger partial charge in [-0.05, 0) is 43.3 Å². The predicted molar refractivity (Wildman–Crippen MR) is 113 cm³/mol. The zero-order valence-electron chi connectivity index (χ0n) is 15.5. The quantitative estimate of drug-likeness (QED) is 0.617. The predicted octanol–water partition coefficient (Wildman–Crippen LogP) is 5.47. The standard InChI is InChI=1S/C23H23ClN2O/c1-17(26(2)16-18-9-8-12-20(24)15-18)23(27)25-22-14-7-6-13-21(22)19-10-4-3-5-11-19/h3-15,17H,16H2,1-2H3,(H,25,27). The van der Waals surface area contributed by atoms with E-state index < -0.39 is 0 Å². The largest absolute Gasteiger partial charge is 0.324 e. The third-order valence-corrected chi connectivity index (χ3v) is 4.87. The summed E-state index contributed by atoms with van der Waals surface area (Å²) < 4.78 is 0. The van der Waals surface area contributed by atoms with Crippen LogP contribution in [0.25, 0.3) is 11.1 Å². The molecule has 1 atom stereocenters. The van der Waals surface area contributed by atoms with Crippen molar-refractivity contribution in [2.45, 2.75) is 19.5 Å². The summed E-state index contributed by atoms with van der Waals surface area (Å²) in [7, 11) is 1.94. The summed E-state index contributed by atoms with van der Waals surface area (Å²) in [4.78, 5) is 14.8. The van der Waals surface area contributed by atoms with Gasteiger partial charge in [-0.3, -0.25) is 9.69 Å². The van der Waals surface area contributed by atoms with Crippen molar-refractivity contribution in [2.75, 3.05) is 12.4 Å². The van der Waals surface area contributed by atoms with Gasteiger partial charge in [0.2, 0.25) is 5.91 Å². The highest BCUT2D eigenvalue weighted by atomic mass is 35.5. The van der Waals surface area contributed by atoms with Crippen LogP contribution < -0.4 is 5.32 Å². The Kier molecular flexibility index (Phi) is 6.28. The van der Waals surface area contributed by atoms with E-state index in [2.05, 4.69) is 5.32 Å². The third kappa shape index (κ3) is 4.97. The zero-order chi connectivity index (χ0) is 19.2. The van der Waals surface area contributed by atoms with Crippen LogP contribution in [0, 0.1) is 0 Å². The van der Waals surface area contributed by atoms with Crippen molar-refractivity contribution < 1.29 is 4.79 Å². The molecule has 27 heavy (non-hydrogen) atoms. The minimum absolute atomic E-state index is 0.0390. The lowest BCUT2D eigenvalue weighted by atomic mass is 10.0. The number of carbonyl (C=O) groups is 1. The molecule has 0 saturated heterocycles. The van der Waals surface area contributed by atoms with E-state index in [-0.39, 0.29) is 11.9 Å². The van der Waals surface area contributed by atoms with Crippen LogP contribution in [0.2, 0.25) is 5.02 Å². The molecule has 0 aliphatic carbocycles. The SMILES string of the molecule is CC(C(=O)Nc1ccccc1-c1ccccc1)N(C)Cc1cccc(Cl)c1. The maximum atomic E-state index is 12.8. The van der Waals surface area contributed by atoms with E-state index in [9.17, 15) is 4.79 Å². The maximum absolute atomic E-state index is 12.8. The number of likely N-dealkylation sites (N-methyl/N-ethyl adjacent to an activating group) is 1. The van der Waals surface area contributed by atoms with Gasteiger partial charge in [0, 0.05) is 22.8 Å². The fourth-order valence-electron chi connectivity index (χ4n) is 2.96. The first-order valence-corrected chi connectivity index (χ1v) is 9.32. The van der Waals surface area contributed by atoms with Crippen LogP contribution in [0.4, 0.5) is 5.69 Å². The Morgan fingerprint density at radius 3 is 2.44 bits per heavy atom. The minimum Gasteiger partial charge on any atom is -0.324 e. The lowest BCUT2D eigenvalue weighted by molar-refractivity contribution is -0.120. The molecule has 0 fully saturated rings. The van der Waals surface area contributed by atoms with Crippen LogP contribution in [0.15, 0.2) is 78.9 Å². The number of anilines is 1. The van der Waals surface area contributed by atoms with E-state index in [1.807, 2.05) is 97.7 Å². The van der Waals surface area contributed by atoms with Gasteiger partial charge >= 0.3 is 0 Å².